The second-order valence-electron chi connectivity index (χ2n) is 8.98. The molecule has 0 spiro atoms. The van der Waals surface area contributed by atoms with E-state index in [0.29, 0.717) is 19.5 Å². The predicted octanol–water partition coefficient (Wildman–Crippen LogP) is 1.99. The third-order valence-corrected chi connectivity index (χ3v) is 6.42. The van der Waals surface area contributed by atoms with E-state index < -0.39 is 47.3 Å². The van der Waals surface area contributed by atoms with Crippen LogP contribution < -0.4 is 5.32 Å². The van der Waals surface area contributed by atoms with Crippen LogP contribution in [-0.2, 0) is 34.2 Å². The number of alkyl carbamates (subject to hydrolysis) is 1. The van der Waals surface area contributed by atoms with Crippen LogP contribution in [0.1, 0.15) is 52.0 Å². The summed E-state index contributed by atoms with van der Waals surface area (Å²) in [5.74, 6) is -0.785. The summed E-state index contributed by atoms with van der Waals surface area (Å²) >= 11 is 0. The van der Waals surface area contributed by atoms with Gasteiger partial charge in [0.05, 0.1) is 16.2 Å². The molecule has 1 aliphatic carbocycles. The van der Waals surface area contributed by atoms with E-state index in [1.807, 2.05) is 44.2 Å². The smallest absolute Gasteiger partial charge is 0.410 e. The van der Waals surface area contributed by atoms with Crippen molar-refractivity contribution < 1.29 is 54.4 Å². The van der Waals surface area contributed by atoms with Gasteiger partial charge in [0.2, 0.25) is 12.2 Å². The van der Waals surface area contributed by atoms with E-state index in [9.17, 15) is 14.4 Å². The van der Waals surface area contributed by atoms with Crippen molar-refractivity contribution in [1.82, 2.24) is 21.0 Å². The number of likely N-dealkylation sites (N-methyl/N-ethyl adjacent to an activating group) is 1. The quantitative estimate of drug-likeness (QED) is 0.106. The van der Waals surface area contributed by atoms with Crippen molar-refractivity contribution in [2.75, 3.05) is 26.2 Å². The number of nitrogens with zero attached hydrogens (tertiary/aromatic N) is 3. The summed E-state index contributed by atoms with van der Waals surface area (Å²) in [6.45, 7) is 6.13. The number of ether oxygens (including phenoxy) is 2. The van der Waals surface area contributed by atoms with E-state index in [1.165, 1.54) is 6.92 Å². The fourth-order valence-corrected chi connectivity index (χ4v) is 4.43. The highest BCUT2D eigenvalue weighted by Gasteiger charge is 2.61. The van der Waals surface area contributed by atoms with Gasteiger partial charge in [-0.3, -0.25) is 30.4 Å². The Morgan fingerprint density at radius 2 is 1.72 bits per heavy atom. The number of hydrogen-bond donors (Lipinski definition) is 5. The molecule has 4 atom stereocenters. The summed E-state index contributed by atoms with van der Waals surface area (Å²) in [4.78, 5) is 48.4. The molecule has 1 aliphatic rings. The molecule has 0 bridgehead atoms. The molecule has 0 saturated heterocycles. The Morgan fingerprint density at radius 1 is 1.05 bits per heavy atom. The lowest BCUT2D eigenvalue weighted by Crippen LogP contribution is -2.41. The monoisotopic (exact) mass is 558 g/mol. The molecule has 1 unspecified atom stereocenters. The summed E-state index contributed by atoms with van der Waals surface area (Å²) in [5.41, 5.74) is 0.195. The van der Waals surface area contributed by atoms with Crippen LogP contribution in [-0.4, -0.2) is 93.1 Å². The van der Waals surface area contributed by atoms with Gasteiger partial charge in [0.1, 0.15) is 12.7 Å². The van der Waals surface area contributed by atoms with Gasteiger partial charge >= 0.3 is 12.1 Å². The highest BCUT2D eigenvalue weighted by atomic mass is 17.1. The molecule has 0 aliphatic heterocycles. The van der Waals surface area contributed by atoms with E-state index in [4.69, 9.17) is 30.3 Å². The normalized spacial score (nSPS) is 19.9. The highest BCUT2D eigenvalue weighted by Crippen LogP contribution is 2.55. The number of amides is 2. The predicted molar refractivity (Wildman–Crippen MR) is 130 cm³/mol. The number of rotatable bonds is 17. The molecule has 1 fully saturated rings. The van der Waals surface area contributed by atoms with Crippen LogP contribution in [0, 0.1) is 5.92 Å². The largest absolute Gasteiger partial charge is 0.425 e. The molecule has 15 nitrogen and oxygen atoms in total. The van der Waals surface area contributed by atoms with Crippen molar-refractivity contribution >= 4 is 18.0 Å². The van der Waals surface area contributed by atoms with Crippen molar-refractivity contribution in [3.8, 4) is 0 Å². The zero-order chi connectivity index (χ0) is 29.0. The molecule has 39 heavy (non-hydrogen) atoms. The molecular weight excluding hydrogens is 520 g/mol. The van der Waals surface area contributed by atoms with Crippen LogP contribution in [0.3, 0.4) is 0 Å². The van der Waals surface area contributed by atoms with E-state index in [1.54, 1.807) is 4.90 Å². The number of nitrogens with one attached hydrogen (secondary N) is 1. The van der Waals surface area contributed by atoms with Gasteiger partial charge in [-0.05, 0) is 44.6 Å². The average molecular weight is 559 g/mol. The lowest BCUT2D eigenvalue weighted by atomic mass is 9.91. The molecule has 2 rings (SSSR count). The zero-order valence-electron chi connectivity index (χ0n) is 22.3. The third kappa shape index (κ3) is 9.98. The van der Waals surface area contributed by atoms with E-state index in [2.05, 4.69) is 15.0 Å². The Hall–Kier alpha value is -2.89. The maximum absolute atomic E-state index is 13.3. The summed E-state index contributed by atoms with van der Waals surface area (Å²) in [6, 6.07) is 9.48. The minimum Gasteiger partial charge on any atom is -0.425 e. The van der Waals surface area contributed by atoms with Gasteiger partial charge < -0.3 is 19.7 Å². The number of hydrogen-bond acceptors (Lipinski definition) is 13. The number of benzene rings is 1. The molecule has 1 aromatic rings. The summed E-state index contributed by atoms with van der Waals surface area (Å²) in [7, 11) is 0. The second kappa shape index (κ2) is 15.6. The fourth-order valence-electron chi connectivity index (χ4n) is 4.43. The van der Waals surface area contributed by atoms with Crippen molar-refractivity contribution in [2.24, 2.45) is 5.92 Å². The standard InChI is InChI=1S/C24H38N4O11/c1-4-26(5-2)22(30)24(18-10-7-6-8-11-18)14-19(24)15-25-23(31)38-17(3)37-21(29)13-9-12-20(39-28(34)35)16-36-27(32)33/h6-8,10-11,17,19-20,32-35H,4-5,9,12-16H2,1-3H3,(H,25,31)/t17?,19-,20-,24+/m1/s1. The van der Waals surface area contributed by atoms with Crippen molar-refractivity contribution in [2.45, 2.75) is 64.3 Å². The van der Waals surface area contributed by atoms with Crippen LogP contribution in [0.25, 0.3) is 0 Å². The third-order valence-electron chi connectivity index (χ3n) is 6.42. The molecule has 5 N–H and O–H groups in total. The first-order chi connectivity index (χ1) is 18.5. The first-order valence-electron chi connectivity index (χ1n) is 12.7. The average Bonchev–Trinajstić information content (AvgIpc) is 3.62. The molecule has 1 saturated carbocycles. The first kappa shape index (κ1) is 32.3. The lowest BCUT2D eigenvalue weighted by molar-refractivity contribution is -0.527. The Morgan fingerprint density at radius 3 is 2.31 bits per heavy atom. The second-order valence-corrected chi connectivity index (χ2v) is 8.98. The molecule has 0 radical (unpaired) electrons. The van der Waals surface area contributed by atoms with Crippen molar-refractivity contribution in [3.63, 3.8) is 0 Å². The zero-order valence-corrected chi connectivity index (χ0v) is 22.3. The maximum atomic E-state index is 13.3. The highest BCUT2D eigenvalue weighted by molar-refractivity contribution is 5.92. The Bertz CT molecular complexity index is 917. The van der Waals surface area contributed by atoms with Gasteiger partial charge in [-0.1, -0.05) is 30.3 Å². The van der Waals surface area contributed by atoms with Gasteiger partial charge in [-0.25, -0.2) is 14.5 Å². The van der Waals surface area contributed by atoms with Gasteiger partial charge in [0.15, 0.2) is 0 Å². The molecule has 2 amide bonds. The molecule has 0 heterocycles. The van der Waals surface area contributed by atoms with Crippen LogP contribution in [0.15, 0.2) is 30.3 Å². The van der Waals surface area contributed by atoms with Gasteiger partial charge in [0, 0.05) is 33.0 Å². The summed E-state index contributed by atoms with van der Waals surface area (Å²) < 4.78 is 10.2. The summed E-state index contributed by atoms with van der Waals surface area (Å²) in [5, 5.41) is 36.2. The molecular formula is C24H38N4O11. The van der Waals surface area contributed by atoms with E-state index in [-0.39, 0.29) is 37.6 Å². The molecule has 1 aromatic carbocycles. The fraction of sp³-hybridized carbons (Fsp3) is 0.625. The minimum atomic E-state index is -1.19. The van der Waals surface area contributed by atoms with Gasteiger partial charge in [-0.15, -0.1) is 0 Å². The molecule has 220 valence electrons. The summed E-state index contributed by atoms with van der Waals surface area (Å²) in [6.07, 6.45) is -2.38. The van der Waals surface area contributed by atoms with Crippen molar-refractivity contribution in [3.05, 3.63) is 35.9 Å². The number of carbonyl (C=O) groups is 3. The lowest BCUT2D eigenvalue weighted by Gasteiger charge is -2.26. The van der Waals surface area contributed by atoms with Crippen LogP contribution in [0.2, 0.25) is 0 Å². The maximum Gasteiger partial charge on any atom is 0.410 e. The Balaban J connectivity index is 1.79. The molecule has 0 aromatic heterocycles. The number of esters is 1. The first-order valence-corrected chi connectivity index (χ1v) is 12.7. The van der Waals surface area contributed by atoms with Gasteiger partial charge in [0.25, 0.3) is 0 Å². The van der Waals surface area contributed by atoms with Crippen LogP contribution >= 0.6 is 0 Å². The number of carbonyl (C=O) groups excluding carboxylic acids is 3. The topological polar surface area (TPSA) is 191 Å². The Labute approximate surface area is 226 Å². The van der Waals surface area contributed by atoms with Gasteiger partial charge in [-0.2, -0.15) is 0 Å². The van der Waals surface area contributed by atoms with Crippen LogP contribution in [0.5, 0.6) is 0 Å². The van der Waals surface area contributed by atoms with E-state index in [0.717, 1.165) is 5.56 Å². The van der Waals surface area contributed by atoms with E-state index >= 15 is 0 Å². The SMILES string of the molecule is CCN(CC)C(=O)[C@]1(c2ccccc2)C[C@@H]1CNC(=O)OC(C)OC(=O)CCC[C@H](CON(O)O)ON(O)O. The van der Waals surface area contributed by atoms with Crippen molar-refractivity contribution in [1.29, 1.82) is 0 Å². The minimum absolute atomic E-state index is 0.0242. The Kier molecular flexibility index (Phi) is 13.0. The van der Waals surface area contributed by atoms with Crippen LogP contribution in [0.4, 0.5) is 4.79 Å². The molecule has 15 heteroatoms.